The molecule has 0 aliphatic carbocycles. The van der Waals surface area contributed by atoms with E-state index in [4.69, 9.17) is 16.9 Å². The number of hydrogen-bond acceptors (Lipinski definition) is 7. The van der Waals surface area contributed by atoms with Gasteiger partial charge in [0.2, 0.25) is 0 Å². The first-order valence-electron chi connectivity index (χ1n) is 6.17. The maximum absolute atomic E-state index is 9.13. The van der Waals surface area contributed by atoms with Crippen LogP contribution in [0.25, 0.3) is 0 Å². The van der Waals surface area contributed by atoms with Gasteiger partial charge in [0.05, 0.1) is 11.2 Å². The summed E-state index contributed by atoms with van der Waals surface area (Å²) >= 11 is 8.85. The third kappa shape index (κ3) is 2.79. The van der Waals surface area contributed by atoms with E-state index in [2.05, 4.69) is 30.6 Å². The fourth-order valence-corrected chi connectivity index (χ4v) is 3.86. The zero-order valence-corrected chi connectivity index (χ0v) is 13.0. The average Bonchev–Trinajstić information content (AvgIpc) is 3.09. The number of thiazole rings is 1. The molecule has 3 heterocycles. The highest BCUT2D eigenvalue weighted by Crippen LogP contribution is 2.31. The number of hydrogen-bond donors (Lipinski definition) is 0. The Kier molecular flexibility index (Phi) is 4.17. The summed E-state index contributed by atoms with van der Waals surface area (Å²) in [7, 11) is 0. The molecule has 1 saturated heterocycles. The van der Waals surface area contributed by atoms with E-state index in [1.54, 1.807) is 11.3 Å². The zero-order chi connectivity index (χ0) is 13.9. The van der Waals surface area contributed by atoms with E-state index in [0.29, 0.717) is 10.7 Å². The second-order valence-electron chi connectivity index (χ2n) is 4.51. The van der Waals surface area contributed by atoms with Crippen molar-refractivity contribution in [3.63, 3.8) is 0 Å². The van der Waals surface area contributed by atoms with Crippen molar-refractivity contribution in [2.45, 2.75) is 6.54 Å². The Morgan fingerprint density at radius 2 is 2.15 bits per heavy atom. The van der Waals surface area contributed by atoms with E-state index in [1.807, 2.05) is 5.51 Å². The van der Waals surface area contributed by atoms with Crippen molar-refractivity contribution in [2.75, 3.05) is 31.1 Å². The molecule has 0 amide bonds. The maximum Gasteiger partial charge on any atom is 0.162 e. The van der Waals surface area contributed by atoms with Crippen LogP contribution in [0, 0.1) is 11.3 Å². The summed E-state index contributed by atoms with van der Waals surface area (Å²) in [5.74, 6) is 0. The predicted molar refractivity (Wildman–Crippen MR) is 81.4 cm³/mol. The first-order valence-corrected chi connectivity index (χ1v) is 8.27. The molecule has 0 N–H and O–H groups in total. The lowest BCUT2D eigenvalue weighted by Crippen LogP contribution is -2.45. The Morgan fingerprint density at radius 1 is 1.35 bits per heavy atom. The van der Waals surface area contributed by atoms with Gasteiger partial charge in [0, 0.05) is 38.1 Å². The molecule has 1 aliphatic heterocycles. The SMILES string of the molecule is N#Cc1c(Cl)nsc1N1CCN(Cc2cscn2)CC1. The molecule has 0 saturated carbocycles. The highest BCUT2D eigenvalue weighted by atomic mass is 35.5. The van der Waals surface area contributed by atoms with Gasteiger partial charge in [-0.2, -0.15) is 9.64 Å². The summed E-state index contributed by atoms with van der Waals surface area (Å²) in [5, 5.41) is 12.4. The third-order valence-electron chi connectivity index (χ3n) is 3.27. The predicted octanol–water partition coefficient (Wildman–Crippen LogP) is 2.45. The molecule has 0 spiro atoms. The molecule has 1 aliphatic rings. The first kappa shape index (κ1) is 13.8. The van der Waals surface area contributed by atoms with Gasteiger partial charge in [0.25, 0.3) is 0 Å². The molecule has 104 valence electrons. The summed E-state index contributed by atoms with van der Waals surface area (Å²) < 4.78 is 4.06. The van der Waals surface area contributed by atoms with Crippen molar-refractivity contribution in [3.8, 4) is 6.07 Å². The van der Waals surface area contributed by atoms with Crippen molar-refractivity contribution in [3.05, 3.63) is 27.3 Å². The molecular formula is C12H12ClN5S2. The minimum Gasteiger partial charge on any atom is -0.358 e. The van der Waals surface area contributed by atoms with Gasteiger partial charge in [-0.3, -0.25) is 4.90 Å². The minimum atomic E-state index is 0.317. The molecule has 20 heavy (non-hydrogen) atoms. The fraction of sp³-hybridized carbons (Fsp3) is 0.417. The van der Waals surface area contributed by atoms with Crippen LogP contribution in [-0.4, -0.2) is 40.4 Å². The lowest BCUT2D eigenvalue weighted by Gasteiger charge is -2.34. The van der Waals surface area contributed by atoms with Gasteiger partial charge >= 0.3 is 0 Å². The summed E-state index contributed by atoms with van der Waals surface area (Å²) in [6, 6.07) is 2.14. The number of nitrogens with zero attached hydrogens (tertiary/aromatic N) is 5. The monoisotopic (exact) mass is 325 g/mol. The molecule has 5 nitrogen and oxygen atoms in total. The van der Waals surface area contributed by atoms with Crippen molar-refractivity contribution >= 4 is 39.5 Å². The van der Waals surface area contributed by atoms with E-state index < -0.39 is 0 Å². The van der Waals surface area contributed by atoms with Crippen molar-refractivity contribution < 1.29 is 0 Å². The van der Waals surface area contributed by atoms with Crippen LogP contribution in [0.5, 0.6) is 0 Å². The summed E-state index contributed by atoms with van der Waals surface area (Å²) in [5.41, 5.74) is 3.50. The highest BCUT2D eigenvalue weighted by molar-refractivity contribution is 7.10. The molecule has 0 bridgehead atoms. The van der Waals surface area contributed by atoms with Crippen LogP contribution >= 0.6 is 34.5 Å². The molecule has 0 atom stereocenters. The molecule has 1 fully saturated rings. The standard InChI is InChI=1S/C12H12ClN5S2/c13-11-10(5-14)12(20-16-11)18-3-1-17(2-4-18)6-9-7-19-8-15-9/h7-8H,1-4,6H2. The molecule has 2 aromatic rings. The van der Waals surface area contributed by atoms with Gasteiger partial charge in [-0.25, -0.2) is 4.98 Å². The second-order valence-corrected chi connectivity index (χ2v) is 6.34. The number of nitriles is 1. The lowest BCUT2D eigenvalue weighted by atomic mass is 10.2. The van der Waals surface area contributed by atoms with E-state index in [-0.39, 0.29) is 0 Å². The lowest BCUT2D eigenvalue weighted by molar-refractivity contribution is 0.248. The topological polar surface area (TPSA) is 56.1 Å². The van der Waals surface area contributed by atoms with Crippen molar-refractivity contribution in [1.29, 1.82) is 5.26 Å². The van der Waals surface area contributed by atoms with Gasteiger partial charge in [0.1, 0.15) is 16.6 Å². The second kappa shape index (κ2) is 6.06. The Balaban J connectivity index is 1.62. The third-order valence-corrected chi connectivity index (χ3v) is 5.19. The Labute approximate surface area is 130 Å². The fourth-order valence-electron chi connectivity index (χ4n) is 2.23. The van der Waals surface area contributed by atoms with E-state index in [9.17, 15) is 0 Å². The van der Waals surface area contributed by atoms with Crippen LogP contribution < -0.4 is 4.90 Å². The van der Waals surface area contributed by atoms with Gasteiger partial charge < -0.3 is 4.90 Å². The molecule has 0 unspecified atom stereocenters. The van der Waals surface area contributed by atoms with Crippen molar-refractivity contribution in [2.24, 2.45) is 0 Å². The van der Waals surface area contributed by atoms with Crippen LogP contribution in [-0.2, 0) is 6.54 Å². The molecule has 0 radical (unpaired) electrons. The Morgan fingerprint density at radius 3 is 2.80 bits per heavy atom. The number of halogens is 1. The van der Waals surface area contributed by atoms with Gasteiger partial charge in [-0.1, -0.05) is 11.6 Å². The van der Waals surface area contributed by atoms with Crippen LogP contribution in [0.4, 0.5) is 5.00 Å². The maximum atomic E-state index is 9.13. The number of anilines is 1. The minimum absolute atomic E-state index is 0.317. The van der Waals surface area contributed by atoms with E-state index >= 15 is 0 Å². The smallest absolute Gasteiger partial charge is 0.162 e. The number of rotatable bonds is 3. The first-order chi connectivity index (χ1) is 9.78. The average molecular weight is 326 g/mol. The van der Waals surface area contributed by atoms with Crippen LogP contribution in [0.1, 0.15) is 11.3 Å². The summed E-state index contributed by atoms with van der Waals surface area (Å²) in [6.07, 6.45) is 0. The summed E-state index contributed by atoms with van der Waals surface area (Å²) in [6.45, 7) is 4.58. The number of piperazine rings is 1. The summed E-state index contributed by atoms with van der Waals surface area (Å²) in [4.78, 5) is 8.88. The molecule has 0 aromatic carbocycles. The van der Waals surface area contributed by atoms with Crippen LogP contribution in [0.2, 0.25) is 5.15 Å². The molecular weight excluding hydrogens is 314 g/mol. The largest absolute Gasteiger partial charge is 0.358 e. The number of aromatic nitrogens is 2. The van der Waals surface area contributed by atoms with E-state index in [0.717, 1.165) is 43.4 Å². The highest BCUT2D eigenvalue weighted by Gasteiger charge is 2.23. The van der Waals surface area contributed by atoms with Gasteiger partial charge in [-0.05, 0) is 11.5 Å². The van der Waals surface area contributed by atoms with Crippen LogP contribution in [0.15, 0.2) is 10.9 Å². The van der Waals surface area contributed by atoms with Gasteiger partial charge in [0.15, 0.2) is 5.15 Å². The molecule has 3 rings (SSSR count). The molecule has 2 aromatic heterocycles. The van der Waals surface area contributed by atoms with E-state index in [1.165, 1.54) is 11.5 Å². The van der Waals surface area contributed by atoms with Gasteiger partial charge in [-0.15, -0.1) is 11.3 Å². The zero-order valence-electron chi connectivity index (χ0n) is 10.6. The molecule has 8 heteroatoms. The van der Waals surface area contributed by atoms with Crippen LogP contribution in [0.3, 0.4) is 0 Å². The normalized spacial score (nSPS) is 16.3. The Bertz CT molecular complexity index is 610. The quantitative estimate of drug-likeness (QED) is 0.867. The Hall–Kier alpha value is -1.20. The van der Waals surface area contributed by atoms with Crippen molar-refractivity contribution in [1.82, 2.24) is 14.3 Å².